The lowest BCUT2D eigenvalue weighted by molar-refractivity contribution is 0.0719. The van der Waals surface area contributed by atoms with E-state index < -0.39 is 14.9 Å². The van der Waals surface area contributed by atoms with E-state index in [9.17, 15) is 4.79 Å². The molecule has 0 aromatic rings. The minimum atomic E-state index is -2.65. The number of carbonyl (C=O) groups is 1. The largest absolute Gasteiger partial charge is 0.501 e. The van der Waals surface area contributed by atoms with Gasteiger partial charge in [-0.05, 0) is 27.2 Å². The van der Waals surface area contributed by atoms with Crippen LogP contribution in [0.2, 0.25) is 6.04 Å². The van der Waals surface area contributed by atoms with Crippen LogP contribution in [-0.2, 0) is 13.3 Å². The van der Waals surface area contributed by atoms with Crippen LogP contribution in [-0.4, -0.2) is 46.0 Å². The molecule has 7 heteroatoms. The van der Waals surface area contributed by atoms with Gasteiger partial charge >= 0.3 is 14.9 Å². The molecule has 6 nitrogen and oxygen atoms in total. The summed E-state index contributed by atoms with van der Waals surface area (Å²) in [5, 5.41) is 8.37. The van der Waals surface area contributed by atoms with Crippen molar-refractivity contribution in [1.82, 2.24) is 0 Å². The molecule has 0 unspecified atom stereocenters. The van der Waals surface area contributed by atoms with Gasteiger partial charge < -0.3 is 18.4 Å². The summed E-state index contributed by atoms with van der Waals surface area (Å²) < 4.78 is 16.8. The van der Waals surface area contributed by atoms with Gasteiger partial charge in [0.1, 0.15) is 0 Å². The highest BCUT2D eigenvalue weighted by molar-refractivity contribution is 6.60. The molecular weight excluding hydrogens is 242 g/mol. The van der Waals surface area contributed by atoms with Gasteiger partial charge in [0.25, 0.3) is 0 Å². The summed E-state index contributed by atoms with van der Waals surface area (Å²) in [5.74, 6) is 0. The van der Waals surface area contributed by atoms with Crippen molar-refractivity contribution in [3.8, 4) is 0 Å². The lowest BCUT2D eigenvalue weighted by Gasteiger charge is -2.27. The topological polar surface area (TPSA) is 77.4 Å². The lowest BCUT2D eigenvalue weighted by Crippen LogP contribution is -2.46. The first-order chi connectivity index (χ1) is 8.10. The second kappa shape index (κ2) is 9.29. The first-order valence-corrected chi connectivity index (χ1v) is 7.70. The fourth-order valence-corrected chi connectivity index (χ4v) is 3.87. The molecule has 0 radical (unpaired) electrons. The van der Waals surface area contributed by atoms with Crippen LogP contribution in [0.25, 0.3) is 0 Å². The Hall–Kier alpha value is -0.763. The Bertz CT molecular complexity index is 230. The minimum absolute atomic E-state index is 0.471. The van der Waals surface area contributed by atoms with Crippen molar-refractivity contribution in [3.05, 3.63) is 0 Å². The molecule has 0 spiro atoms. The van der Waals surface area contributed by atoms with E-state index in [1.165, 1.54) is 6.21 Å². The van der Waals surface area contributed by atoms with Crippen LogP contribution in [0.4, 0.5) is 4.79 Å². The maximum atomic E-state index is 10.2. The van der Waals surface area contributed by atoms with Gasteiger partial charge in [0.15, 0.2) is 0 Å². The van der Waals surface area contributed by atoms with Crippen molar-refractivity contribution < 1.29 is 23.2 Å². The third-order valence-electron chi connectivity index (χ3n) is 1.87. The van der Waals surface area contributed by atoms with Gasteiger partial charge in [0.2, 0.25) is 0 Å². The summed E-state index contributed by atoms with van der Waals surface area (Å²) >= 11 is 0. The normalized spacial score (nSPS) is 12.2. The molecule has 1 N–H and O–H groups in total. The number of aliphatic imine (C=N–C) groups is 1. The van der Waals surface area contributed by atoms with Crippen molar-refractivity contribution >= 4 is 21.1 Å². The van der Waals surface area contributed by atoms with Gasteiger partial charge in [0.05, 0.1) is 0 Å². The second-order valence-corrected chi connectivity index (χ2v) is 5.85. The molecule has 0 saturated heterocycles. The Labute approximate surface area is 103 Å². The van der Waals surface area contributed by atoms with Gasteiger partial charge in [-0.1, -0.05) is 0 Å². The third-order valence-corrected chi connectivity index (χ3v) is 4.96. The summed E-state index contributed by atoms with van der Waals surface area (Å²) in [6, 6.07) is 0.541. The standard InChI is InChI=1S/C10H21NO5Si/c1-4-14-17(15-5-2,16-6-3)9-7-8-11-10(12)13/h8H,4-7,9H2,1-3H3,(H,12,13). The van der Waals surface area contributed by atoms with Crippen LogP contribution in [0, 0.1) is 0 Å². The number of rotatable bonds is 9. The highest BCUT2D eigenvalue weighted by Gasteiger charge is 2.39. The van der Waals surface area contributed by atoms with Crippen molar-refractivity contribution in [2.45, 2.75) is 33.2 Å². The Balaban J connectivity index is 4.37. The summed E-state index contributed by atoms with van der Waals surface area (Å²) in [5.41, 5.74) is 0. The lowest BCUT2D eigenvalue weighted by atomic mass is 10.5. The van der Waals surface area contributed by atoms with Crippen LogP contribution in [0.15, 0.2) is 4.99 Å². The summed E-state index contributed by atoms with van der Waals surface area (Å²) in [4.78, 5) is 13.5. The number of carboxylic acid groups (broad SMARTS) is 1. The molecule has 0 rings (SSSR count). The van der Waals surface area contributed by atoms with Gasteiger partial charge in [0, 0.05) is 32.1 Å². The zero-order valence-electron chi connectivity index (χ0n) is 10.6. The molecule has 0 aliphatic rings. The Morgan fingerprint density at radius 3 is 2.00 bits per heavy atom. The monoisotopic (exact) mass is 263 g/mol. The zero-order valence-corrected chi connectivity index (χ0v) is 11.6. The molecule has 0 atom stereocenters. The Kier molecular flexibility index (Phi) is 8.87. The fraction of sp³-hybridized carbons (Fsp3) is 0.800. The van der Waals surface area contributed by atoms with Gasteiger partial charge in [-0.25, -0.2) is 4.79 Å². The molecule has 17 heavy (non-hydrogen) atoms. The summed E-state index contributed by atoms with van der Waals surface area (Å²) in [6.07, 6.45) is 0.626. The van der Waals surface area contributed by atoms with Crippen molar-refractivity contribution in [3.63, 3.8) is 0 Å². The molecule has 1 amide bonds. The van der Waals surface area contributed by atoms with Crippen LogP contribution >= 0.6 is 0 Å². The van der Waals surface area contributed by atoms with E-state index in [0.29, 0.717) is 32.3 Å². The molecule has 0 aromatic carbocycles. The van der Waals surface area contributed by atoms with Crippen LogP contribution in [0.3, 0.4) is 0 Å². The highest BCUT2D eigenvalue weighted by atomic mass is 28.4. The van der Waals surface area contributed by atoms with E-state index in [0.717, 1.165) is 0 Å². The van der Waals surface area contributed by atoms with E-state index in [1.54, 1.807) is 0 Å². The molecule has 0 aliphatic carbocycles. The van der Waals surface area contributed by atoms with Gasteiger partial charge in [-0.3, -0.25) is 0 Å². The predicted octanol–water partition coefficient (Wildman–Crippen LogP) is 2.17. The maximum absolute atomic E-state index is 10.2. The SMILES string of the molecule is CCO[Si](CCC=NC(=O)O)(OCC)OCC. The van der Waals surface area contributed by atoms with Crippen LogP contribution in [0.5, 0.6) is 0 Å². The number of nitrogens with zero attached hydrogens (tertiary/aromatic N) is 1. The molecule has 0 bridgehead atoms. The van der Waals surface area contributed by atoms with Crippen molar-refractivity contribution in [2.75, 3.05) is 19.8 Å². The van der Waals surface area contributed by atoms with Gasteiger partial charge in [-0.15, -0.1) is 0 Å². The number of hydrogen-bond acceptors (Lipinski definition) is 4. The highest BCUT2D eigenvalue weighted by Crippen LogP contribution is 2.17. The molecule has 0 aromatic heterocycles. The maximum Gasteiger partial charge on any atom is 0.501 e. The smallest absolute Gasteiger partial charge is 0.463 e. The Morgan fingerprint density at radius 1 is 1.18 bits per heavy atom. The molecule has 0 aliphatic heterocycles. The average molecular weight is 263 g/mol. The summed E-state index contributed by atoms with van der Waals surface area (Å²) in [7, 11) is -2.65. The molecule has 0 fully saturated rings. The van der Waals surface area contributed by atoms with E-state index in [-0.39, 0.29) is 0 Å². The van der Waals surface area contributed by atoms with Crippen molar-refractivity contribution in [1.29, 1.82) is 0 Å². The number of hydrogen-bond donors (Lipinski definition) is 1. The van der Waals surface area contributed by atoms with Crippen LogP contribution in [0.1, 0.15) is 27.2 Å². The second-order valence-electron chi connectivity index (χ2n) is 3.11. The van der Waals surface area contributed by atoms with Gasteiger partial charge in [-0.2, -0.15) is 4.99 Å². The predicted molar refractivity (Wildman–Crippen MR) is 66.6 cm³/mol. The number of amides is 1. The van der Waals surface area contributed by atoms with E-state index in [1.807, 2.05) is 20.8 Å². The first-order valence-electron chi connectivity index (χ1n) is 5.77. The molecule has 100 valence electrons. The fourth-order valence-electron chi connectivity index (χ4n) is 1.39. The molecule has 0 heterocycles. The molecule has 0 saturated carbocycles. The van der Waals surface area contributed by atoms with E-state index in [2.05, 4.69) is 4.99 Å². The minimum Gasteiger partial charge on any atom is -0.463 e. The quantitative estimate of drug-likeness (QED) is 0.509. The summed E-state index contributed by atoms with van der Waals surface area (Å²) in [6.45, 7) is 7.19. The van der Waals surface area contributed by atoms with E-state index >= 15 is 0 Å². The average Bonchev–Trinajstić information content (AvgIpc) is 2.25. The third kappa shape index (κ3) is 7.21. The van der Waals surface area contributed by atoms with Crippen molar-refractivity contribution in [2.24, 2.45) is 4.99 Å². The first kappa shape index (κ1) is 16.2. The van der Waals surface area contributed by atoms with Crippen LogP contribution < -0.4 is 0 Å². The van der Waals surface area contributed by atoms with E-state index in [4.69, 9.17) is 18.4 Å². The Morgan fingerprint density at radius 2 is 1.65 bits per heavy atom. The molecular formula is C10H21NO5Si. The zero-order chi connectivity index (χ0) is 13.1.